The Kier molecular flexibility index (Phi) is 5.98. The lowest BCUT2D eigenvalue weighted by Gasteiger charge is -2.22. The van der Waals surface area contributed by atoms with Crippen LogP contribution in [0, 0.1) is 20.8 Å². The van der Waals surface area contributed by atoms with E-state index in [4.69, 9.17) is 0 Å². The third-order valence-electron chi connectivity index (χ3n) is 3.98. The molecule has 0 saturated heterocycles. The lowest BCUT2D eigenvalue weighted by atomic mass is 10.2. The first kappa shape index (κ1) is 19.1. The first-order valence-electron chi connectivity index (χ1n) is 8.18. The van der Waals surface area contributed by atoms with Gasteiger partial charge in [0.1, 0.15) is 0 Å². The fourth-order valence-corrected chi connectivity index (χ4v) is 3.93. The molecule has 0 heterocycles. The van der Waals surface area contributed by atoms with Crippen LogP contribution in [0.4, 0.5) is 5.69 Å². The summed E-state index contributed by atoms with van der Waals surface area (Å²) in [6.07, 6.45) is 0. The number of carbonyl (C=O) groups is 1. The van der Waals surface area contributed by atoms with Crippen LogP contribution >= 0.6 is 0 Å². The molecule has 0 bridgehead atoms. The van der Waals surface area contributed by atoms with E-state index in [-0.39, 0.29) is 17.3 Å². The third-order valence-corrected chi connectivity index (χ3v) is 5.52. The van der Waals surface area contributed by atoms with Gasteiger partial charge >= 0.3 is 0 Å². The highest BCUT2D eigenvalue weighted by molar-refractivity contribution is 7.89. The van der Waals surface area contributed by atoms with Gasteiger partial charge in [0, 0.05) is 12.2 Å². The summed E-state index contributed by atoms with van der Waals surface area (Å²) >= 11 is 0. The zero-order valence-electron chi connectivity index (χ0n) is 15.0. The number of anilines is 1. The highest BCUT2D eigenvalue weighted by atomic mass is 32.2. The van der Waals surface area contributed by atoms with Gasteiger partial charge in [0.25, 0.3) is 0 Å². The maximum atomic E-state index is 12.5. The Morgan fingerprint density at radius 2 is 1.72 bits per heavy atom. The van der Waals surface area contributed by atoms with E-state index in [1.807, 2.05) is 51.1 Å². The molecule has 0 radical (unpaired) electrons. The van der Waals surface area contributed by atoms with Crippen molar-refractivity contribution in [1.29, 1.82) is 0 Å². The Bertz CT molecular complexity index is 876. The molecule has 0 aliphatic rings. The van der Waals surface area contributed by atoms with Gasteiger partial charge in [0.2, 0.25) is 15.9 Å². The van der Waals surface area contributed by atoms with Gasteiger partial charge in [-0.25, -0.2) is 13.1 Å². The molecular formula is C19H24N2O3S. The molecule has 0 aliphatic heterocycles. The van der Waals surface area contributed by atoms with Crippen LogP contribution in [0.1, 0.15) is 23.6 Å². The number of aryl methyl sites for hydroxylation is 3. The average Bonchev–Trinajstić information content (AvgIpc) is 2.56. The van der Waals surface area contributed by atoms with Gasteiger partial charge in [0.05, 0.1) is 11.4 Å². The quantitative estimate of drug-likeness (QED) is 0.861. The van der Waals surface area contributed by atoms with Gasteiger partial charge in [-0.3, -0.25) is 4.79 Å². The fourth-order valence-electron chi connectivity index (χ4n) is 2.63. The Morgan fingerprint density at radius 1 is 1.04 bits per heavy atom. The van der Waals surface area contributed by atoms with Gasteiger partial charge in [-0.15, -0.1) is 0 Å². The summed E-state index contributed by atoms with van der Waals surface area (Å²) in [7, 11) is -3.74. The Morgan fingerprint density at radius 3 is 2.36 bits per heavy atom. The molecule has 0 unspecified atom stereocenters. The SMILES string of the molecule is CCN(C(=O)CNS(=O)(=O)c1cc(C)ccc1C)c1cccc(C)c1. The maximum absolute atomic E-state index is 12.5. The van der Waals surface area contributed by atoms with Crippen molar-refractivity contribution >= 4 is 21.6 Å². The number of nitrogens with one attached hydrogen (secondary N) is 1. The molecule has 5 nitrogen and oxygen atoms in total. The highest BCUT2D eigenvalue weighted by Crippen LogP contribution is 2.18. The lowest BCUT2D eigenvalue weighted by Crippen LogP contribution is -2.40. The van der Waals surface area contributed by atoms with Crippen molar-refractivity contribution in [3.8, 4) is 0 Å². The number of sulfonamides is 1. The van der Waals surface area contributed by atoms with E-state index in [1.165, 1.54) is 0 Å². The van der Waals surface area contributed by atoms with E-state index < -0.39 is 10.0 Å². The van der Waals surface area contributed by atoms with Crippen LogP contribution in [-0.4, -0.2) is 27.4 Å². The van der Waals surface area contributed by atoms with E-state index in [0.717, 1.165) is 16.8 Å². The number of likely N-dealkylation sites (N-methyl/N-ethyl adjacent to an activating group) is 1. The van der Waals surface area contributed by atoms with Crippen molar-refractivity contribution in [2.75, 3.05) is 18.0 Å². The number of amides is 1. The standard InChI is InChI=1S/C19H24N2O3S/c1-5-21(17-8-6-7-14(2)11-17)19(22)13-20-25(23,24)18-12-15(3)9-10-16(18)4/h6-12,20H,5,13H2,1-4H3. The van der Waals surface area contributed by atoms with Crippen molar-refractivity contribution in [3.05, 3.63) is 59.2 Å². The summed E-state index contributed by atoms with van der Waals surface area (Å²) in [5, 5.41) is 0. The summed E-state index contributed by atoms with van der Waals surface area (Å²) in [5.41, 5.74) is 3.31. The first-order chi connectivity index (χ1) is 11.7. The second kappa shape index (κ2) is 7.80. The topological polar surface area (TPSA) is 66.5 Å². The van der Waals surface area contributed by atoms with Crippen molar-refractivity contribution in [3.63, 3.8) is 0 Å². The number of hydrogen-bond acceptors (Lipinski definition) is 3. The molecule has 2 aromatic rings. The van der Waals surface area contributed by atoms with Crippen molar-refractivity contribution in [2.45, 2.75) is 32.6 Å². The van der Waals surface area contributed by atoms with Crippen molar-refractivity contribution < 1.29 is 13.2 Å². The molecule has 2 aromatic carbocycles. The molecule has 25 heavy (non-hydrogen) atoms. The minimum absolute atomic E-state index is 0.207. The molecular weight excluding hydrogens is 336 g/mol. The highest BCUT2D eigenvalue weighted by Gasteiger charge is 2.20. The average molecular weight is 360 g/mol. The summed E-state index contributed by atoms with van der Waals surface area (Å²) in [6.45, 7) is 7.57. The van der Waals surface area contributed by atoms with Gasteiger partial charge in [-0.2, -0.15) is 0 Å². The molecule has 1 N–H and O–H groups in total. The Labute approximate surface area is 149 Å². The van der Waals surface area contributed by atoms with E-state index in [0.29, 0.717) is 12.1 Å². The van der Waals surface area contributed by atoms with Crippen molar-refractivity contribution in [1.82, 2.24) is 4.72 Å². The van der Waals surface area contributed by atoms with Crippen LogP contribution in [0.15, 0.2) is 47.4 Å². The summed E-state index contributed by atoms with van der Waals surface area (Å²) < 4.78 is 27.5. The molecule has 0 fully saturated rings. The van der Waals surface area contributed by atoms with Gasteiger partial charge in [-0.05, 0) is 62.6 Å². The fraction of sp³-hybridized carbons (Fsp3) is 0.316. The molecule has 1 amide bonds. The van der Waals surface area contributed by atoms with Crippen LogP contribution in [0.5, 0.6) is 0 Å². The van der Waals surface area contributed by atoms with E-state index >= 15 is 0 Å². The molecule has 6 heteroatoms. The normalized spacial score (nSPS) is 11.4. The first-order valence-corrected chi connectivity index (χ1v) is 9.67. The van der Waals surface area contributed by atoms with Crippen LogP contribution in [0.25, 0.3) is 0 Å². The van der Waals surface area contributed by atoms with Crippen LogP contribution in [0.3, 0.4) is 0 Å². The van der Waals surface area contributed by atoms with E-state index in [1.54, 1.807) is 24.0 Å². The number of nitrogens with zero attached hydrogens (tertiary/aromatic N) is 1. The second-order valence-electron chi connectivity index (χ2n) is 6.07. The Hall–Kier alpha value is -2.18. The number of carbonyl (C=O) groups excluding carboxylic acids is 1. The molecule has 0 aromatic heterocycles. The van der Waals surface area contributed by atoms with Crippen LogP contribution in [0.2, 0.25) is 0 Å². The molecule has 134 valence electrons. The van der Waals surface area contributed by atoms with Crippen LogP contribution < -0.4 is 9.62 Å². The van der Waals surface area contributed by atoms with Gasteiger partial charge in [0.15, 0.2) is 0 Å². The van der Waals surface area contributed by atoms with Crippen LogP contribution in [-0.2, 0) is 14.8 Å². The zero-order chi connectivity index (χ0) is 18.6. The largest absolute Gasteiger partial charge is 0.312 e. The van der Waals surface area contributed by atoms with Crippen molar-refractivity contribution in [2.24, 2.45) is 0 Å². The zero-order valence-corrected chi connectivity index (χ0v) is 15.9. The molecule has 2 rings (SSSR count). The minimum Gasteiger partial charge on any atom is -0.312 e. The lowest BCUT2D eigenvalue weighted by molar-refractivity contribution is -0.117. The molecule has 0 atom stereocenters. The third kappa shape index (κ3) is 4.67. The number of benzene rings is 2. The monoisotopic (exact) mass is 360 g/mol. The minimum atomic E-state index is -3.74. The van der Waals surface area contributed by atoms with Gasteiger partial charge in [-0.1, -0.05) is 24.3 Å². The van der Waals surface area contributed by atoms with Gasteiger partial charge < -0.3 is 4.90 Å². The predicted molar refractivity (Wildman–Crippen MR) is 100 cm³/mol. The Balaban J connectivity index is 2.16. The van der Waals surface area contributed by atoms with E-state index in [2.05, 4.69) is 4.72 Å². The molecule has 0 aliphatic carbocycles. The molecule has 0 saturated carbocycles. The number of hydrogen-bond donors (Lipinski definition) is 1. The number of rotatable bonds is 6. The second-order valence-corrected chi connectivity index (χ2v) is 7.81. The summed E-state index contributed by atoms with van der Waals surface area (Å²) in [5.74, 6) is -0.290. The maximum Gasteiger partial charge on any atom is 0.242 e. The molecule has 0 spiro atoms. The smallest absolute Gasteiger partial charge is 0.242 e. The summed E-state index contributed by atoms with van der Waals surface area (Å²) in [4.78, 5) is 14.3. The predicted octanol–water partition coefficient (Wildman–Crippen LogP) is 2.94. The summed E-state index contributed by atoms with van der Waals surface area (Å²) in [6, 6.07) is 12.8. The van der Waals surface area contributed by atoms with E-state index in [9.17, 15) is 13.2 Å².